The zero-order valence-corrected chi connectivity index (χ0v) is 32.2. The van der Waals surface area contributed by atoms with Crippen LogP contribution in [0.15, 0.2) is 116 Å². The normalized spacial score (nSPS) is 21.4. The summed E-state index contributed by atoms with van der Waals surface area (Å²) in [6.07, 6.45) is 4.10. The van der Waals surface area contributed by atoms with Crippen LogP contribution in [0.3, 0.4) is 0 Å². The van der Waals surface area contributed by atoms with Gasteiger partial charge in [0.1, 0.15) is 0 Å². The molecule has 2 aromatic heterocycles. The molecule has 12 heteroatoms. The minimum atomic E-state index is -2.86. The number of carbonyl (C=O) groups is 2. The standard InChI is InChI=1S/C43H46N6O5Si/c1-28-41(55(2,3)53)39(21-22-48-26-37(46-47-48)34(27-50)30-11-5-4-6-12-30)54-43(28)35-14-8-10-16-38(35)49(42(43)52)25-29-17-19-32(20-18-29)45-40(51)23-31-24-44-36-15-9-7-13-33(31)36/h4-20,24,26,28,34,39,41,44,50,53H,21-23,25,27H2,1-3H3,(H,45,51)/t28-,34?,39+,41-,43+/m0/s1. The first-order chi connectivity index (χ1) is 26.6. The van der Waals surface area contributed by atoms with E-state index in [1.807, 2.05) is 136 Å². The average Bonchev–Trinajstić information content (AvgIpc) is 3.94. The van der Waals surface area contributed by atoms with Crippen molar-refractivity contribution < 1.29 is 24.2 Å². The number of fused-ring (bicyclic) bond motifs is 3. The summed E-state index contributed by atoms with van der Waals surface area (Å²) in [5.41, 5.74) is 5.29. The van der Waals surface area contributed by atoms with Crippen LogP contribution in [0.5, 0.6) is 0 Å². The van der Waals surface area contributed by atoms with Crippen LogP contribution in [0.2, 0.25) is 18.6 Å². The van der Waals surface area contributed by atoms with E-state index in [1.165, 1.54) is 0 Å². The number of H-pyrrole nitrogens is 1. The Morgan fingerprint density at radius 1 is 1.00 bits per heavy atom. The summed E-state index contributed by atoms with van der Waals surface area (Å²) < 4.78 is 8.76. The first kappa shape index (κ1) is 36.6. The second kappa shape index (κ2) is 14.7. The number of ether oxygens (including phenoxy) is 1. The first-order valence-corrected chi connectivity index (χ1v) is 21.9. The van der Waals surface area contributed by atoms with Crippen molar-refractivity contribution in [2.45, 2.75) is 69.1 Å². The molecule has 4 heterocycles. The predicted molar refractivity (Wildman–Crippen MR) is 214 cm³/mol. The van der Waals surface area contributed by atoms with Gasteiger partial charge in [-0.3, -0.25) is 14.3 Å². The quantitative estimate of drug-likeness (QED) is 0.104. The van der Waals surface area contributed by atoms with Gasteiger partial charge in [0, 0.05) is 52.6 Å². The maximum absolute atomic E-state index is 14.8. The van der Waals surface area contributed by atoms with Crippen LogP contribution in [0.4, 0.5) is 11.4 Å². The fourth-order valence-corrected chi connectivity index (χ4v) is 11.5. The Bertz CT molecular complexity index is 2320. The van der Waals surface area contributed by atoms with Gasteiger partial charge in [0.05, 0.1) is 43.0 Å². The third kappa shape index (κ3) is 6.80. The van der Waals surface area contributed by atoms with Crippen molar-refractivity contribution in [1.29, 1.82) is 0 Å². The Labute approximate surface area is 321 Å². The van der Waals surface area contributed by atoms with Crippen LogP contribution in [-0.2, 0) is 39.4 Å². The van der Waals surface area contributed by atoms with Crippen molar-refractivity contribution in [2.24, 2.45) is 5.92 Å². The number of hydrogen-bond donors (Lipinski definition) is 4. The minimum absolute atomic E-state index is 0.0912. The molecule has 1 saturated heterocycles. The largest absolute Gasteiger partial charge is 0.432 e. The molecule has 4 aromatic carbocycles. The predicted octanol–water partition coefficient (Wildman–Crippen LogP) is 6.50. The van der Waals surface area contributed by atoms with Crippen molar-refractivity contribution in [1.82, 2.24) is 20.0 Å². The van der Waals surface area contributed by atoms with E-state index in [0.717, 1.165) is 38.8 Å². The molecule has 282 valence electrons. The van der Waals surface area contributed by atoms with Crippen LogP contribution in [0.25, 0.3) is 10.9 Å². The number of nitrogens with one attached hydrogen (secondary N) is 2. The lowest BCUT2D eigenvalue weighted by molar-refractivity contribution is -0.146. The fourth-order valence-electron chi connectivity index (χ4n) is 8.89. The summed E-state index contributed by atoms with van der Waals surface area (Å²) in [6, 6.07) is 33.1. The number of carbonyl (C=O) groups excluding carboxylic acids is 2. The van der Waals surface area contributed by atoms with Crippen molar-refractivity contribution in [3.05, 3.63) is 143 Å². The molecule has 2 aliphatic heterocycles. The third-order valence-electron chi connectivity index (χ3n) is 11.4. The second-order valence-corrected chi connectivity index (χ2v) is 19.4. The van der Waals surface area contributed by atoms with Gasteiger partial charge in [0.25, 0.3) is 5.91 Å². The number of aryl methyl sites for hydroxylation is 1. The Morgan fingerprint density at radius 3 is 2.49 bits per heavy atom. The topological polar surface area (TPSA) is 146 Å². The molecule has 5 atom stereocenters. The van der Waals surface area contributed by atoms with Crippen molar-refractivity contribution >= 4 is 42.4 Å². The molecule has 0 bridgehead atoms. The van der Waals surface area contributed by atoms with Gasteiger partial charge < -0.3 is 29.8 Å². The molecule has 0 saturated carbocycles. The van der Waals surface area contributed by atoms with E-state index in [4.69, 9.17) is 4.74 Å². The number of hydrogen-bond acceptors (Lipinski definition) is 7. The third-order valence-corrected chi connectivity index (χ3v) is 13.9. The molecule has 1 spiro atoms. The van der Waals surface area contributed by atoms with Crippen molar-refractivity contribution in [3.8, 4) is 0 Å². The highest BCUT2D eigenvalue weighted by Gasteiger charge is 2.66. The summed E-state index contributed by atoms with van der Waals surface area (Å²) >= 11 is 0. The smallest absolute Gasteiger partial charge is 0.264 e. The molecule has 0 aliphatic carbocycles. The van der Waals surface area contributed by atoms with E-state index in [2.05, 4.69) is 20.6 Å². The number of anilines is 2. The number of aromatic nitrogens is 4. The van der Waals surface area contributed by atoms with E-state index in [0.29, 0.717) is 30.9 Å². The Hall–Kier alpha value is -5.40. The van der Waals surface area contributed by atoms with E-state index < -0.39 is 20.0 Å². The maximum Gasteiger partial charge on any atom is 0.264 e. The zero-order valence-electron chi connectivity index (χ0n) is 31.2. The molecular formula is C43H46N6O5Si. The summed E-state index contributed by atoms with van der Waals surface area (Å²) in [4.78, 5) is 44.5. The van der Waals surface area contributed by atoms with Gasteiger partial charge in [-0.15, -0.1) is 5.10 Å². The van der Waals surface area contributed by atoms with E-state index in [-0.39, 0.29) is 42.2 Å². The van der Waals surface area contributed by atoms with Crippen molar-refractivity contribution in [3.63, 3.8) is 0 Å². The Kier molecular flexibility index (Phi) is 9.76. The van der Waals surface area contributed by atoms with Gasteiger partial charge in [-0.1, -0.05) is 91.0 Å². The molecular weight excluding hydrogens is 709 g/mol. The fraction of sp³-hybridized carbons (Fsp3) is 0.302. The monoisotopic (exact) mass is 754 g/mol. The zero-order chi connectivity index (χ0) is 38.3. The van der Waals surface area contributed by atoms with Gasteiger partial charge in [-0.05, 0) is 60.5 Å². The number of benzene rings is 4. The van der Waals surface area contributed by atoms with Crippen molar-refractivity contribution in [2.75, 3.05) is 16.8 Å². The van der Waals surface area contributed by atoms with Crippen LogP contribution in [0.1, 0.15) is 47.2 Å². The lowest BCUT2D eigenvalue weighted by atomic mass is 9.82. The number of rotatable bonds is 12. The van der Waals surface area contributed by atoms with E-state index in [1.54, 1.807) is 9.58 Å². The Morgan fingerprint density at radius 2 is 1.73 bits per heavy atom. The molecule has 0 radical (unpaired) electrons. The molecule has 2 amide bonds. The first-order valence-electron chi connectivity index (χ1n) is 18.9. The average molecular weight is 755 g/mol. The van der Waals surface area contributed by atoms with Gasteiger partial charge in [-0.25, -0.2) is 0 Å². The maximum atomic E-state index is 14.8. The van der Waals surface area contributed by atoms with Crippen LogP contribution in [-0.4, -0.2) is 62.7 Å². The van der Waals surface area contributed by atoms with E-state index in [9.17, 15) is 19.5 Å². The van der Waals surface area contributed by atoms with Gasteiger partial charge in [-0.2, -0.15) is 0 Å². The summed E-state index contributed by atoms with van der Waals surface area (Å²) in [5.74, 6) is -0.830. The molecule has 1 fully saturated rings. The molecule has 4 N–H and O–H groups in total. The molecule has 11 nitrogen and oxygen atoms in total. The van der Waals surface area contributed by atoms with Crippen LogP contribution in [0, 0.1) is 5.92 Å². The minimum Gasteiger partial charge on any atom is -0.432 e. The Balaban J connectivity index is 0.985. The highest BCUT2D eigenvalue weighted by Crippen LogP contribution is 2.59. The number of amides is 2. The number of nitrogens with zero attached hydrogens (tertiary/aromatic N) is 4. The molecule has 2 aliphatic rings. The number of aliphatic hydroxyl groups is 1. The summed E-state index contributed by atoms with van der Waals surface area (Å²) in [5, 5.41) is 23.0. The SMILES string of the molecule is C[C@H]1[C@H]([Si](C)(C)O)[C@@H](CCn2cc(C(CO)c3ccccc3)nn2)O[C@]12C(=O)N(Cc1ccc(NC(=O)Cc3c[nH]c4ccccc34)cc1)c1ccccc12. The van der Waals surface area contributed by atoms with E-state index >= 15 is 0 Å². The molecule has 1 unspecified atom stereocenters. The summed E-state index contributed by atoms with van der Waals surface area (Å²) in [7, 11) is -2.86. The molecule has 8 rings (SSSR count). The number of aromatic amines is 1. The highest BCUT2D eigenvalue weighted by atomic mass is 28.4. The summed E-state index contributed by atoms with van der Waals surface area (Å²) in [6.45, 7) is 6.59. The number of para-hydroxylation sites is 2. The molecule has 6 aromatic rings. The lowest BCUT2D eigenvalue weighted by Crippen LogP contribution is -2.46. The van der Waals surface area contributed by atoms with Crippen LogP contribution < -0.4 is 10.2 Å². The van der Waals surface area contributed by atoms with Gasteiger partial charge >= 0.3 is 0 Å². The van der Waals surface area contributed by atoms with Gasteiger partial charge in [0.2, 0.25) is 5.91 Å². The van der Waals surface area contributed by atoms with Gasteiger partial charge in [0.15, 0.2) is 13.9 Å². The number of aliphatic hydroxyl groups excluding tert-OH is 1. The molecule has 55 heavy (non-hydrogen) atoms. The highest BCUT2D eigenvalue weighted by molar-refractivity contribution is 6.71. The second-order valence-electron chi connectivity index (χ2n) is 15.4. The lowest BCUT2D eigenvalue weighted by Gasteiger charge is -2.32. The van der Waals surface area contributed by atoms with Crippen LogP contribution >= 0.6 is 0 Å².